The second-order valence-corrected chi connectivity index (χ2v) is 10.5. The fourth-order valence-corrected chi connectivity index (χ4v) is 6.05. The van der Waals surface area contributed by atoms with E-state index in [1.807, 2.05) is 12.1 Å². The van der Waals surface area contributed by atoms with Gasteiger partial charge in [-0.25, -0.2) is 8.42 Å². The summed E-state index contributed by atoms with van der Waals surface area (Å²) >= 11 is 12.6. The molecule has 0 bridgehead atoms. The number of nitrogens with zero attached hydrogens (tertiary/aromatic N) is 1. The van der Waals surface area contributed by atoms with Gasteiger partial charge in [0.25, 0.3) is 5.91 Å². The molecule has 2 aromatic carbocycles. The quantitative estimate of drug-likeness (QED) is 0.703. The normalized spacial score (nSPS) is 19.1. The molecular weight excluding hydrogens is 445 g/mol. The SMILES string of the molecule is O=C(Nc1cc(Cl)cc(C2CCNCC2)c1)c1cc(N2CCCS2(=O)=O)ccc1Cl. The molecule has 2 aliphatic rings. The summed E-state index contributed by atoms with van der Waals surface area (Å²) in [5.41, 5.74) is 2.36. The Morgan fingerprint density at radius 2 is 1.87 bits per heavy atom. The lowest BCUT2D eigenvalue weighted by Gasteiger charge is -2.23. The number of rotatable bonds is 4. The molecule has 0 radical (unpaired) electrons. The predicted octanol–water partition coefficient (Wildman–Crippen LogP) is 4.25. The molecule has 1 amide bonds. The summed E-state index contributed by atoms with van der Waals surface area (Å²) in [6.07, 6.45) is 2.60. The van der Waals surface area contributed by atoms with E-state index in [0.29, 0.717) is 35.3 Å². The monoisotopic (exact) mass is 467 g/mol. The molecule has 6 nitrogen and oxygen atoms in total. The number of halogens is 2. The average molecular weight is 468 g/mol. The molecule has 0 aromatic heterocycles. The largest absolute Gasteiger partial charge is 0.322 e. The Kier molecular flexibility index (Phi) is 6.25. The minimum absolute atomic E-state index is 0.110. The highest BCUT2D eigenvalue weighted by Gasteiger charge is 2.29. The molecular formula is C21H23Cl2N3O3S. The third kappa shape index (κ3) is 4.59. The third-order valence-electron chi connectivity index (χ3n) is 5.57. The Labute approximate surface area is 186 Å². The number of hydrogen-bond donors (Lipinski definition) is 2. The minimum Gasteiger partial charge on any atom is -0.322 e. The van der Waals surface area contributed by atoms with Crippen LogP contribution < -0.4 is 14.9 Å². The number of carbonyl (C=O) groups is 1. The van der Waals surface area contributed by atoms with Crippen molar-refractivity contribution in [2.45, 2.75) is 25.2 Å². The van der Waals surface area contributed by atoms with Crippen molar-refractivity contribution in [3.8, 4) is 0 Å². The van der Waals surface area contributed by atoms with Crippen LogP contribution in [0.1, 0.15) is 41.1 Å². The first-order valence-electron chi connectivity index (χ1n) is 9.96. The summed E-state index contributed by atoms with van der Waals surface area (Å²) in [6.45, 7) is 2.32. The Hall–Kier alpha value is -1.80. The molecule has 2 N–H and O–H groups in total. The smallest absolute Gasteiger partial charge is 0.257 e. The fourth-order valence-electron chi connectivity index (χ4n) is 4.05. The van der Waals surface area contributed by atoms with Gasteiger partial charge in [-0.15, -0.1) is 0 Å². The molecule has 160 valence electrons. The van der Waals surface area contributed by atoms with Gasteiger partial charge in [0, 0.05) is 17.3 Å². The van der Waals surface area contributed by atoms with Gasteiger partial charge in [-0.2, -0.15) is 0 Å². The molecule has 30 heavy (non-hydrogen) atoms. The van der Waals surface area contributed by atoms with Crippen LogP contribution in [-0.2, 0) is 10.0 Å². The molecule has 0 spiro atoms. The maximum atomic E-state index is 12.9. The van der Waals surface area contributed by atoms with Gasteiger partial charge >= 0.3 is 0 Å². The number of anilines is 2. The maximum Gasteiger partial charge on any atom is 0.257 e. The van der Waals surface area contributed by atoms with E-state index in [4.69, 9.17) is 23.2 Å². The highest BCUT2D eigenvalue weighted by atomic mass is 35.5. The van der Waals surface area contributed by atoms with Gasteiger partial charge in [0.15, 0.2) is 0 Å². The highest BCUT2D eigenvalue weighted by molar-refractivity contribution is 7.93. The van der Waals surface area contributed by atoms with Gasteiger partial charge in [-0.05, 0) is 80.2 Å². The Morgan fingerprint density at radius 1 is 1.10 bits per heavy atom. The average Bonchev–Trinajstić information content (AvgIpc) is 3.07. The van der Waals surface area contributed by atoms with Crippen molar-refractivity contribution < 1.29 is 13.2 Å². The molecule has 2 saturated heterocycles. The zero-order valence-corrected chi connectivity index (χ0v) is 18.7. The van der Waals surface area contributed by atoms with E-state index in [0.717, 1.165) is 31.5 Å². The van der Waals surface area contributed by atoms with Crippen molar-refractivity contribution in [3.63, 3.8) is 0 Å². The molecule has 0 aliphatic carbocycles. The van der Waals surface area contributed by atoms with Crippen LogP contribution in [0.4, 0.5) is 11.4 Å². The molecule has 2 heterocycles. The van der Waals surface area contributed by atoms with Gasteiger partial charge in [-0.3, -0.25) is 9.10 Å². The summed E-state index contributed by atoms with van der Waals surface area (Å²) in [4.78, 5) is 12.9. The lowest BCUT2D eigenvalue weighted by atomic mass is 9.90. The van der Waals surface area contributed by atoms with Gasteiger partial charge in [0.2, 0.25) is 10.0 Å². The molecule has 0 unspecified atom stereocenters. The molecule has 9 heteroatoms. The van der Waals surface area contributed by atoms with E-state index < -0.39 is 15.9 Å². The van der Waals surface area contributed by atoms with E-state index in [-0.39, 0.29) is 16.3 Å². The van der Waals surface area contributed by atoms with Crippen LogP contribution in [0.25, 0.3) is 0 Å². The summed E-state index contributed by atoms with van der Waals surface area (Å²) in [7, 11) is -3.34. The topological polar surface area (TPSA) is 78.5 Å². The highest BCUT2D eigenvalue weighted by Crippen LogP contribution is 2.32. The van der Waals surface area contributed by atoms with Crippen molar-refractivity contribution in [2.24, 2.45) is 0 Å². The molecule has 0 atom stereocenters. The van der Waals surface area contributed by atoms with E-state index in [1.54, 1.807) is 18.2 Å². The number of amides is 1. The number of sulfonamides is 1. The zero-order chi connectivity index (χ0) is 21.3. The maximum absolute atomic E-state index is 12.9. The number of nitrogens with one attached hydrogen (secondary N) is 2. The third-order valence-corrected chi connectivity index (χ3v) is 7.99. The Morgan fingerprint density at radius 3 is 2.57 bits per heavy atom. The van der Waals surface area contributed by atoms with Crippen LogP contribution in [0.2, 0.25) is 10.0 Å². The first-order chi connectivity index (χ1) is 14.3. The summed E-state index contributed by atoms with van der Waals surface area (Å²) < 4.78 is 25.8. The molecule has 2 aromatic rings. The van der Waals surface area contributed by atoms with Crippen molar-refractivity contribution in [1.29, 1.82) is 0 Å². The first-order valence-corrected chi connectivity index (χ1v) is 12.3. The van der Waals surface area contributed by atoms with Crippen LogP contribution in [-0.4, -0.2) is 39.7 Å². The van der Waals surface area contributed by atoms with Crippen LogP contribution in [0.5, 0.6) is 0 Å². The predicted molar refractivity (Wildman–Crippen MR) is 121 cm³/mol. The van der Waals surface area contributed by atoms with E-state index in [1.165, 1.54) is 10.4 Å². The second-order valence-electron chi connectivity index (χ2n) is 7.66. The van der Waals surface area contributed by atoms with Crippen molar-refractivity contribution >= 4 is 50.5 Å². The summed E-state index contributed by atoms with van der Waals surface area (Å²) in [5, 5.41) is 7.03. The molecule has 0 saturated carbocycles. The second kappa shape index (κ2) is 8.75. The van der Waals surface area contributed by atoms with Gasteiger partial charge in [0.05, 0.1) is 22.0 Å². The van der Waals surface area contributed by atoms with Gasteiger partial charge in [0.1, 0.15) is 0 Å². The van der Waals surface area contributed by atoms with Crippen LogP contribution in [0.3, 0.4) is 0 Å². The minimum atomic E-state index is -3.34. The number of piperidine rings is 1. The van der Waals surface area contributed by atoms with Crippen LogP contribution in [0, 0.1) is 0 Å². The molecule has 4 rings (SSSR count). The lowest BCUT2D eigenvalue weighted by Crippen LogP contribution is -2.26. The van der Waals surface area contributed by atoms with E-state index in [9.17, 15) is 13.2 Å². The first kappa shape index (κ1) is 21.4. The van der Waals surface area contributed by atoms with Crippen molar-refractivity contribution in [1.82, 2.24) is 5.32 Å². The van der Waals surface area contributed by atoms with Crippen molar-refractivity contribution in [3.05, 3.63) is 57.6 Å². The number of carbonyl (C=O) groups excluding carboxylic acids is 1. The van der Waals surface area contributed by atoms with Gasteiger partial charge in [-0.1, -0.05) is 23.2 Å². The zero-order valence-electron chi connectivity index (χ0n) is 16.3. The van der Waals surface area contributed by atoms with Crippen LogP contribution in [0.15, 0.2) is 36.4 Å². The Balaban J connectivity index is 1.58. The standard InChI is InChI=1S/C21H23Cl2N3O3S/c22-16-10-15(14-4-6-24-7-5-14)11-17(12-16)25-21(27)19-13-18(2-3-20(19)23)26-8-1-9-30(26,28)29/h2-3,10-14,24H,1,4-9H2,(H,25,27). The lowest BCUT2D eigenvalue weighted by molar-refractivity contribution is 0.102. The Bertz CT molecular complexity index is 1070. The van der Waals surface area contributed by atoms with Crippen LogP contribution >= 0.6 is 23.2 Å². The van der Waals surface area contributed by atoms with E-state index >= 15 is 0 Å². The summed E-state index contributed by atoms with van der Waals surface area (Å²) in [6, 6.07) is 10.3. The molecule has 2 aliphatic heterocycles. The number of benzene rings is 2. The molecule has 2 fully saturated rings. The summed E-state index contributed by atoms with van der Waals surface area (Å²) in [5.74, 6) is 0.101. The number of hydrogen-bond acceptors (Lipinski definition) is 4. The van der Waals surface area contributed by atoms with E-state index in [2.05, 4.69) is 10.6 Å². The van der Waals surface area contributed by atoms with Gasteiger partial charge < -0.3 is 10.6 Å². The fraction of sp³-hybridized carbons (Fsp3) is 0.381. The van der Waals surface area contributed by atoms with Crippen molar-refractivity contribution in [2.75, 3.05) is 35.0 Å².